The number of benzene rings is 12. The lowest BCUT2D eigenvalue weighted by Crippen LogP contribution is -2.09. The van der Waals surface area contributed by atoms with Gasteiger partial charge in [-0.1, -0.05) is 200 Å². The third-order valence-electron chi connectivity index (χ3n) is 16.3. The first-order valence-corrected chi connectivity index (χ1v) is 28.2. The van der Waals surface area contributed by atoms with Crippen molar-refractivity contribution in [1.29, 1.82) is 5.26 Å². The van der Waals surface area contributed by atoms with E-state index in [4.69, 9.17) is 8.53 Å². The second-order valence-corrected chi connectivity index (χ2v) is 22.5. The summed E-state index contributed by atoms with van der Waals surface area (Å²) in [6, 6.07) is 72.5. The first-order valence-electron chi connectivity index (χ1n) is 29.1. The molecule has 5 heterocycles. The van der Waals surface area contributed by atoms with Gasteiger partial charge >= 0.3 is 0 Å². The molecular weight excluding hydrogens is 1020 g/mol. The van der Waals surface area contributed by atoms with Gasteiger partial charge in [0.15, 0.2) is 0 Å². The van der Waals surface area contributed by atoms with Crippen molar-refractivity contribution >= 4 is 134 Å². The van der Waals surface area contributed by atoms with Crippen molar-refractivity contribution in [2.24, 2.45) is 0 Å². The van der Waals surface area contributed by atoms with E-state index in [9.17, 15) is 14.6 Å². The van der Waals surface area contributed by atoms with E-state index in [2.05, 4.69) is 123 Å². The molecule has 5 aromatic heterocycles. The summed E-state index contributed by atoms with van der Waals surface area (Å²) in [5.74, 6) is 0. The standard InChI is InChI=1S/C74H40N4OS2/c1-76-67-64(44-22-7-3-8-23-44)58(42-75)68(78-69-54(38-37-53-50-28-13-17-34-62(50)80-73(53)69)66-55(43-20-5-2-6-21-43)41-57-51-29-14-18-35-63(51)81-74(57)71(66)78)65(45-24-9-4-10-25-45)70(67)77-59-32-15-11-26-48(59)56-40-46(36-39-60(56)77)47-30-19-31-52-49-27-12-16-33-61(49)79-72(47)52/h2-41H/i2D,5D,6D,20D,21D. The summed E-state index contributed by atoms with van der Waals surface area (Å²) in [6.07, 6.45) is 0. The minimum absolute atomic E-state index is 0.0766. The lowest BCUT2D eigenvalue weighted by Gasteiger charge is -2.26. The highest BCUT2D eigenvalue weighted by Gasteiger charge is 2.34. The molecule has 0 radical (unpaired) electrons. The van der Waals surface area contributed by atoms with Crippen LogP contribution in [0.25, 0.3) is 167 Å². The first kappa shape index (κ1) is 40.6. The van der Waals surface area contributed by atoms with Crippen molar-refractivity contribution in [2.75, 3.05) is 0 Å². The Balaban J connectivity index is 1.12. The minimum atomic E-state index is -0.478. The van der Waals surface area contributed by atoms with E-state index in [0.29, 0.717) is 44.5 Å². The van der Waals surface area contributed by atoms with Gasteiger partial charge in [-0.05, 0) is 70.3 Å². The van der Waals surface area contributed by atoms with Gasteiger partial charge in [-0.3, -0.25) is 0 Å². The fourth-order valence-corrected chi connectivity index (χ4v) is 15.4. The van der Waals surface area contributed by atoms with E-state index in [0.717, 1.165) is 112 Å². The Morgan fingerprint density at radius 3 is 1.81 bits per heavy atom. The molecule has 0 atom stereocenters. The Hall–Kier alpha value is -10.5. The SMILES string of the molecule is [2H]c1c([2H])c([2H])c(-c2cc3c4ccccc4sc3c3c2c2ccc4c5ccccc5sc4c2n3-c2c(C#N)c(-c3ccccc3)c([N+]#[C-])c(-n3c4ccccc4c4cc(-c5cccc6c5oc5ccccc56)ccc43)c2-c2ccccc2)c([2H])c1[2H]. The molecule has 7 heteroatoms. The van der Waals surface area contributed by atoms with Crippen LogP contribution in [0, 0.1) is 17.9 Å². The summed E-state index contributed by atoms with van der Waals surface area (Å²) >= 11 is 3.27. The average molecular weight is 1070 g/mol. The molecule has 81 heavy (non-hydrogen) atoms. The molecule has 0 aliphatic rings. The Morgan fingerprint density at radius 1 is 0.457 bits per heavy atom. The molecule has 0 fully saturated rings. The number of nitriles is 1. The van der Waals surface area contributed by atoms with Gasteiger partial charge in [-0.2, -0.15) is 5.26 Å². The molecule has 0 unspecified atom stereocenters. The number of hydrogen-bond acceptors (Lipinski definition) is 4. The molecule has 17 rings (SSSR count). The zero-order valence-electron chi connectivity index (χ0n) is 47.7. The summed E-state index contributed by atoms with van der Waals surface area (Å²) in [7, 11) is 0. The van der Waals surface area contributed by atoms with Crippen LogP contribution >= 0.6 is 22.7 Å². The van der Waals surface area contributed by atoms with Crippen LogP contribution < -0.4 is 0 Å². The highest BCUT2D eigenvalue weighted by molar-refractivity contribution is 7.27. The maximum absolute atomic E-state index is 12.5. The predicted octanol–water partition coefficient (Wildman–Crippen LogP) is 21.6. The molecule has 374 valence electrons. The predicted molar refractivity (Wildman–Crippen MR) is 341 cm³/mol. The van der Waals surface area contributed by atoms with E-state index in [-0.39, 0.29) is 28.9 Å². The maximum Gasteiger partial charge on any atom is 0.220 e. The summed E-state index contributed by atoms with van der Waals surface area (Å²) in [4.78, 5) is 4.60. The van der Waals surface area contributed by atoms with Crippen LogP contribution in [0.4, 0.5) is 5.69 Å². The molecule has 0 bridgehead atoms. The lowest BCUT2D eigenvalue weighted by atomic mass is 9.88. The summed E-state index contributed by atoms with van der Waals surface area (Å²) < 4.78 is 61.2. The van der Waals surface area contributed by atoms with Gasteiger partial charge in [0.05, 0.1) is 61.8 Å². The van der Waals surface area contributed by atoms with Gasteiger partial charge < -0.3 is 13.6 Å². The lowest BCUT2D eigenvalue weighted by molar-refractivity contribution is 0.670. The molecule has 0 aliphatic carbocycles. The number of aromatic nitrogens is 2. The van der Waals surface area contributed by atoms with Gasteiger partial charge in [-0.15, -0.1) is 22.7 Å². The normalized spacial score (nSPS) is 12.8. The van der Waals surface area contributed by atoms with Crippen molar-refractivity contribution < 1.29 is 11.3 Å². The quantitative estimate of drug-likeness (QED) is 0.156. The minimum Gasteiger partial charge on any atom is -0.455 e. The number of furan rings is 1. The van der Waals surface area contributed by atoms with E-state index < -0.39 is 18.1 Å². The second-order valence-electron chi connectivity index (χ2n) is 20.4. The van der Waals surface area contributed by atoms with Gasteiger partial charge in [0.2, 0.25) is 5.69 Å². The molecule has 5 nitrogen and oxygen atoms in total. The van der Waals surface area contributed by atoms with Crippen LogP contribution in [0.3, 0.4) is 0 Å². The number of nitrogens with zero attached hydrogens (tertiary/aromatic N) is 4. The van der Waals surface area contributed by atoms with E-state index >= 15 is 0 Å². The Bertz CT molecular complexity index is 5910. The van der Waals surface area contributed by atoms with Crippen LogP contribution in [-0.4, -0.2) is 9.13 Å². The zero-order chi connectivity index (χ0) is 57.8. The summed E-state index contributed by atoms with van der Waals surface area (Å²) in [6.45, 7) is 9.56. The molecule has 0 saturated heterocycles. The van der Waals surface area contributed by atoms with Crippen LogP contribution in [0.2, 0.25) is 0 Å². The Kier molecular flexibility index (Phi) is 8.77. The van der Waals surface area contributed by atoms with E-state index in [1.807, 2.05) is 109 Å². The molecule has 0 saturated carbocycles. The molecule has 0 aliphatic heterocycles. The largest absolute Gasteiger partial charge is 0.455 e. The molecule has 12 aromatic carbocycles. The van der Waals surface area contributed by atoms with Crippen LogP contribution in [-0.2, 0) is 0 Å². The highest BCUT2D eigenvalue weighted by Crippen LogP contribution is 2.56. The van der Waals surface area contributed by atoms with Crippen LogP contribution in [0.15, 0.2) is 247 Å². The van der Waals surface area contributed by atoms with Crippen LogP contribution in [0.5, 0.6) is 0 Å². The van der Waals surface area contributed by atoms with Crippen molar-refractivity contribution in [1.82, 2.24) is 9.13 Å². The topological polar surface area (TPSA) is 51.1 Å². The number of rotatable bonds is 6. The van der Waals surface area contributed by atoms with Crippen molar-refractivity contribution in [3.8, 4) is 62.0 Å². The Labute approximate surface area is 478 Å². The summed E-state index contributed by atoms with van der Waals surface area (Å²) in [5, 5.41) is 21.7. The third kappa shape index (κ3) is 6.45. The zero-order valence-corrected chi connectivity index (χ0v) is 44.4. The van der Waals surface area contributed by atoms with Gasteiger partial charge in [0, 0.05) is 80.0 Å². The van der Waals surface area contributed by atoms with Crippen LogP contribution in [0.1, 0.15) is 12.4 Å². The van der Waals surface area contributed by atoms with E-state index in [1.165, 1.54) is 0 Å². The van der Waals surface area contributed by atoms with Gasteiger partial charge in [0.1, 0.15) is 17.2 Å². The smallest absolute Gasteiger partial charge is 0.220 e. The summed E-state index contributed by atoms with van der Waals surface area (Å²) in [5.41, 5.74) is 11.4. The first-order chi connectivity index (χ1) is 42.2. The fourth-order valence-electron chi connectivity index (χ4n) is 12.9. The highest BCUT2D eigenvalue weighted by atomic mass is 32.1. The van der Waals surface area contributed by atoms with E-state index in [1.54, 1.807) is 22.7 Å². The number of thiophene rings is 2. The Morgan fingerprint density at radius 2 is 1.07 bits per heavy atom. The molecule has 0 N–H and O–H groups in total. The van der Waals surface area contributed by atoms with Crippen molar-refractivity contribution in [3.05, 3.63) is 260 Å². The fraction of sp³-hybridized carbons (Fsp3) is 0. The molecule has 17 aromatic rings. The van der Waals surface area contributed by atoms with Crippen molar-refractivity contribution in [3.63, 3.8) is 0 Å². The maximum atomic E-state index is 12.5. The molecular formula is C74H40N4OS2. The number of fused-ring (bicyclic) bond motifs is 17. The second kappa shape index (κ2) is 17.5. The third-order valence-corrected chi connectivity index (χ3v) is 18.6. The van der Waals surface area contributed by atoms with Gasteiger partial charge in [-0.25, -0.2) is 4.85 Å². The van der Waals surface area contributed by atoms with Crippen molar-refractivity contribution in [2.45, 2.75) is 0 Å². The number of hydrogen-bond donors (Lipinski definition) is 0. The van der Waals surface area contributed by atoms with Gasteiger partial charge in [0.25, 0.3) is 0 Å². The molecule has 0 amide bonds. The molecule has 0 spiro atoms. The number of para-hydroxylation sites is 3. The average Bonchev–Trinajstić information content (AvgIpc) is 1.52. The monoisotopic (exact) mass is 1070 g/mol.